The van der Waals surface area contributed by atoms with Gasteiger partial charge in [0.1, 0.15) is 6.29 Å². The molecular weight excluding hydrogens is 239 g/mol. The topological polar surface area (TPSA) is 52.6 Å². The van der Waals surface area contributed by atoms with Crippen LogP contribution in [0.4, 0.5) is 0 Å². The van der Waals surface area contributed by atoms with E-state index in [1.165, 1.54) is 5.56 Å². The smallest absolute Gasteiger partial charge is 0.376 e. The van der Waals surface area contributed by atoms with Crippen LogP contribution >= 0.6 is 0 Å². The molecule has 1 aliphatic heterocycles. The first-order valence-corrected chi connectivity index (χ1v) is 6.70. The summed E-state index contributed by atoms with van der Waals surface area (Å²) in [5.41, 5.74) is 1.92. The fraction of sp³-hybridized carbons (Fsp3) is 0.500. The number of benzene rings is 1. The SMILES string of the molecule is CB(O)N1CCN[C@@H](C)C1.Cc1ccc(C=O)cc1. The van der Waals surface area contributed by atoms with Crippen molar-refractivity contribution >= 4 is 13.3 Å². The summed E-state index contributed by atoms with van der Waals surface area (Å²) in [5.74, 6) is 0. The van der Waals surface area contributed by atoms with Crippen LogP contribution in [0.3, 0.4) is 0 Å². The van der Waals surface area contributed by atoms with Crippen molar-refractivity contribution in [3.63, 3.8) is 0 Å². The average Bonchev–Trinajstić information content (AvgIpc) is 2.40. The van der Waals surface area contributed by atoms with Gasteiger partial charge in [-0.25, -0.2) is 0 Å². The van der Waals surface area contributed by atoms with E-state index in [2.05, 4.69) is 17.1 Å². The van der Waals surface area contributed by atoms with Gasteiger partial charge in [-0.3, -0.25) is 4.79 Å². The van der Waals surface area contributed by atoms with E-state index < -0.39 is 0 Å². The van der Waals surface area contributed by atoms with Gasteiger partial charge in [0, 0.05) is 31.2 Å². The molecule has 1 fully saturated rings. The lowest BCUT2D eigenvalue weighted by molar-refractivity contribution is 0.112. The number of aldehydes is 1. The molecule has 0 spiro atoms. The normalized spacial score (nSPS) is 19.3. The fourth-order valence-corrected chi connectivity index (χ4v) is 1.95. The minimum absolute atomic E-state index is 0.287. The highest BCUT2D eigenvalue weighted by Gasteiger charge is 2.21. The lowest BCUT2D eigenvalue weighted by atomic mass is 9.84. The first kappa shape index (κ1) is 15.9. The molecule has 1 aromatic rings. The lowest BCUT2D eigenvalue weighted by Crippen LogP contribution is -2.53. The third kappa shape index (κ3) is 6.01. The van der Waals surface area contributed by atoms with Crippen molar-refractivity contribution < 1.29 is 9.82 Å². The second-order valence-corrected chi connectivity index (χ2v) is 5.01. The number of rotatable bonds is 2. The van der Waals surface area contributed by atoms with Crippen LogP contribution in [-0.2, 0) is 0 Å². The van der Waals surface area contributed by atoms with Crippen LogP contribution in [0.2, 0.25) is 6.82 Å². The Bertz CT molecular complexity index is 382. The molecule has 1 saturated heterocycles. The fourth-order valence-electron chi connectivity index (χ4n) is 1.95. The Balaban J connectivity index is 0.000000191. The molecule has 0 radical (unpaired) electrons. The van der Waals surface area contributed by atoms with Gasteiger partial charge in [0.05, 0.1) is 0 Å². The first-order valence-electron chi connectivity index (χ1n) is 6.70. The van der Waals surface area contributed by atoms with E-state index in [4.69, 9.17) is 0 Å². The first-order chi connectivity index (χ1) is 9.02. The monoisotopic (exact) mass is 262 g/mol. The Kier molecular flexibility index (Phi) is 6.77. The molecule has 0 saturated carbocycles. The van der Waals surface area contributed by atoms with E-state index in [0.717, 1.165) is 31.5 Å². The zero-order valence-corrected chi connectivity index (χ0v) is 12.0. The average molecular weight is 262 g/mol. The number of piperazine rings is 1. The summed E-state index contributed by atoms with van der Waals surface area (Å²) in [6, 6.07) is 7.97. The van der Waals surface area contributed by atoms with Gasteiger partial charge in [-0.15, -0.1) is 0 Å². The molecule has 1 aromatic carbocycles. The third-order valence-electron chi connectivity index (χ3n) is 3.14. The Labute approximate surface area is 115 Å². The molecule has 4 nitrogen and oxygen atoms in total. The molecule has 1 atom stereocenters. The van der Waals surface area contributed by atoms with Crippen LogP contribution in [0.25, 0.3) is 0 Å². The quantitative estimate of drug-likeness (QED) is 0.621. The third-order valence-corrected chi connectivity index (χ3v) is 3.14. The molecule has 0 aliphatic carbocycles. The summed E-state index contributed by atoms with van der Waals surface area (Å²) in [6.07, 6.45) is 0.847. The van der Waals surface area contributed by atoms with Gasteiger partial charge < -0.3 is 15.2 Å². The highest BCUT2D eigenvalue weighted by atomic mass is 16.2. The molecule has 1 aliphatic rings. The Hall–Kier alpha value is -1.17. The molecular formula is C14H23BN2O2. The highest BCUT2D eigenvalue weighted by Crippen LogP contribution is 1.99. The summed E-state index contributed by atoms with van der Waals surface area (Å²) >= 11 is 0. The van der Waals surface area contributed by atoms with E-state index >= 15 is 0 Å². The molecule has 2 rings (SSSR count). The lowest BCUT2D eigenvalue weighted by Gasteiger charge is -2.32. The van der Waals surface area contributed by atoms with E-state index in [1.54, 1.807) is 0 Å². The Morgan fingerprint density at radius 1 is 1.42 bits per heavy atom. The molecule has 104 valence electrons. The molecule has 1 heterocycles. The second-order valence-electron chi connectivity index (χ2n) is 5.01. The number of hydrogen-bond acceptors (Lipinski definition) is 4. The maximum Gasteiger partial charge on any atom is 0.376 e. The molecule has 19 heavy (non-hydrogen) atoms. The van der Waals surface area contributed by atoms with E-state index in [0.29, 0.717) is 6.04 Å². The summed E-state index contributed by atoms with van der Waals surface area (Å²) in [4.78, 5) is 12.2. The number of carbonyl (C=O) groups excluding carboxylic acids is 1. The highest BCUT2D eigenvalue weighted by molar-refractivity contribution is 6.45. The molecule has 2 N–H and O–H groups in total. The number of nitrogens with one attached hydrogen (secondary N) is 1. The second kappa shape index (κ2) is 8.10. The van der Waals surface area contributed by atoms with Gasteiger partial charge in [-0.1, -0.05) is 29.8 Å². The summed E-state index contributed by atoms with van der Waals surface area (Å²) < 4.78 is 0. The summed E-state index contributed by atoms with van der Waals surface area (Å²) in [7, 11) is -0.287. The maximum atomic E-state index is 10.1. The van der Waals surface area contributed by atoms with Crippen molar-refractivity contribution in [2.45, 2.75) is 26.7 Å². The van der Waals surface area contributed by atoms with Crippen LogP contribution in [0, 0.1) is 6.92 Å². The maximum absolute atomic E-state index is 10.1. The van der Waals surface area contributed by atoms with Crippen LogP contribution in [0.15, 0.2) is 24.3 Å². The standard InChI is InChI=1S/C8H8O.C6H15BN2O/c1-7-2-4-8(6-9)5-3-7;1-6-5-9(7(2)10)4-3-8-6/h2-6H,1H3;6,8,10H,3-5H2,1-2H3/t;6-/m.0/s1. The molecule has 0 unspecified atom stereocenters. The minimum atomic E-state index is -0.287. The van der Waals surface area contributed by atoms with Gasteiger partial charge in [-0.05, 0) is 20.7 Å². The van der Waals surface area contributed by atoms with Crippen LogP contribution in [-0.4, -0.2) is 48.8 Å². The van der Waals surface area contributed by atoms with Crippen molar-refractivity contribution in [1.29, 1.82) is 0 Å². The van der Waals surface area contributed by atoms with Gasteiger partial charge in [-0.2, -0.15) is 0 Å². The van der Waals surface area contributed by atoms with Gasteiger partial charge >= 0.3 is 7.05 Å². The van der Waals surface area contributed by atoms with E-state index in [-0.39, 0.29) is 7.05 Å². The zero-order chi connectivity index (χ0) is 14.3. The van der Waals surface area contributed by atoms with Crippen molar-refractivity contribution in [2.75, 3.05) is 19.6 Å². The van der Waals surface area contributed by atoms with E-state index in [1.807, 2.05) is 38.0 Å². The van der Waals surface area contributed by atoms with Crippen molar-refractivity contribution in [1.82, 2.24) is 10.1 Å². The Morgan fingerprint density at radius 2 is 2.05 bits per heavy atom. The minimum Gasteiger partial charge on any atom is -0.437 e. The summed E-state index contributed by atoms with van der Waals surface area (Å²) in [6.45, 7) is 8.85. The van der Waals surface area contributed by atoms with Gasteiger partial charge in [0.2, 0.25) is 0 Å². The summed E-state index contributed by atoms with van der Waals surface area (Å²) in [5, 5.41) is 12.5. The van der Waals surface area contributed by atoms with E-state index in [9.17, 15) is 9.82 Å². The largest absolute Gasteiger partial charge is 0.437 e. The number of aryl methyl sites for hydroxylation is 1. The van der Waals surface area contributed by atoms with Crippen LogP contribution in [0.5, 0.6) is 0 Å². The zero-order valence-electron chi connectivity index (χ0n) is 12.0. The number of nitrogens with zero attached hydrogens (tertiary/aromatic N) is 1. The van der Waals surface area contributed by atoms with Crippen molar-refractivity contribution in [3.8, 4) is 0 Å². The molecule has 5 heteroatoms. The molecule has 0 bridgehead atoms. The van der Waals surface area contributed by atoms with Crippen molar-refractivity contribution in [2.24, 2.45) is 0 Å². The van der Waals surface area contributed by atoms with Gasteiger partial charge in [0.25, 0.3) is 0 Å². The van der Waals surface area contributed by atoms with Crippen LogP contribution < -0.4 is 5.32 Å². The predicted molar refractivity (Wildman–Crippen MR) is 79.4 cm³/mol. The van der Waals surface area contributed by atoms with Crippen LogP contribution in [0.1, 0.15) is 22.8 Å². The predicted octanol–water partition coefficient (Wildman–Crippen LogP) is 1.20. The number of hydrogen-bond donors (Lipinski definition) is 2. The van der Waals surface area contributed by atoms with Gasteiger partial charge in [0.15, 0.2) is 0 Å². The Morgan fingerprint density at radius 3 is 2.47 bits per heavy atom. The molecule has 0 aromatic heterocycles. The molecule has 0 amide bonds. The van der Waals surface area contributed by atoms with Crippen molar-refractivity contribution in [3.05, 3.63) is 35.4 Å². The number of carbonyl (C=O) groups is 1.